The minimum atomic E-state index is -3.50. The van der Waals surface area contributed by atoms with Gasteiger partial charge < -0.3 is 24.6 Å². The lowest BCUT2D eigenvalue weighted by Crippen LogP contribution is -2.45. The van der Waals surface area contributed by atoms with Crippen LogP contribution in [0, 0.1) is 5.41 Å². The van der Waals surface area contributed by atoms with Crippen LogP contribution in [0.1, 0.15) is 48.0 Å². The fraction of sp³-hybridized carbons (Fsp3) is 0.667. The van der Waals surface area contributed by atoms with Gasteiger partial charge in [-0.25, -0.2) is 9.36 Å². The first-order chi connectivity index (χ1) is 11.1. The second-order valence-electron chi connectivity index (χ2n) is 7.40. The molecule has 0 bridgehead atoms. The Hall–Kier alpha value is -1.86. The molecule has 0 aromatic carbocycles. The van der Waals surface area contributed by atoms with Crippen LogP contribution in [-0.2, 0) is 23.4 Å². The number of aliphatic carboxylic acids is 1. The maximum Gasteiger partial charge on any atom is 0.408 e. The van der Waals surface area contributed by atoms with Gasteiger partial charge in [-0.3, -0.25) is 9.59 Å². The van der Waals surface area contributed by atoms with E-state index >= 15 is 0 Å². The van der Waals surface area contributed by atoms with Gasteiger partial charge in [-0.1, -0.05) is 20.8 Å². The van der Waals surface area contributed by atoms with Crippen molar-refractivity contribution in [2.24, 2.45) is 5.41 Å². The molecule has 25 heavy (non-hydrogen) atoms. The number of alkyl carbamates (subject to hydrolysis) is 1. The number of rotatable bonds is 7. The van der Waals surface area contributed by atoms with E-state index in [4.69, 9.17) is 14.7 Å². The topological polar surface area (TPSA) is 139 Å². The lowest BCUT2D eigenvalue weighted by atomic mass is 9.94. The predicted octanol–water partition coefficient (Wildman–Crippen LogP) is 2.25. The summed E-state index contributed by atoms with van der Waals surface area (Å²) in [4.78, 5) is 44.3. The van der Waals surface area contributed by atoms with E-state index in [0.717, 1.165) is 0 Å². The van der Waals surface area contributed by atoms with Crippen molar-refractivity contribution in [2.45, 2.75) is 59.6 Å². The Balaban J connectivity index is 5.56. The molecule has 2 atom stereocenters. The van der Waals surface area contributed by atoms with Crippen LogP contribution < -0.4 is 5.32 Å². The van der Waals surface area contributed by atoms with Crippen molar-refractivity contribution in [3.05, 3.63) is 11.8 Å². The van der Waals surface area contributed by atoms with Gasteiger partial charge in [0, 0.05) is 0 Å². The molecule has 0 aliphatic heterocycles. The summed E-state index contributed by atoms with van der Waals surface area (Å²) >= 11 is 0. The van der Waals surface area contributed by atoms with Crippen LogP contribution in [0.2, 0.25) is 0 Å². The first kappa shape index (κ1) is 23.1. The smallest absolute Gasteiger partial charge is 0.408 e. The molecular weight excluding hydrogens is 353 g/mol. The molecule has 144 valence electrons. The number of carboxylic acid groups (broad SMARTS) is 1. The van der Waals surface area contributed by atoms with Crippen molar-refractivity contribution in [1.82, 2.24) is 5.32 Å². The van der Waals surface area contributed by atoms with Crippen LogP contribution in [0.25, 0.3) is 0 Å². The average Bonchev–Trinajstić information content (AvgIpc) is 2.30. The predicted molar refractivity (Wildman–Crippen MR) is 90.3 cm³/mol. The van der Waals surface area contributed by atoms with Crippen LogP contribution in [0.4, 0.5) is 4.79 Å². The molecule has 0 saturated carbocycles. The SMILES string of the molecule is CC(C)(C)C=C(O[PH](=O)O)C(=O)[C@H](CC(=O)O)NC(=O)OC(C)(C)C. The van der Waals surface area contributed by atoms with Crippen molar-refractivity contribution in [1.29, 1.82) is 0 Å². The van der Waals surface area contributed by atoms with Gasteiger partial charge >= 0.3 is 20.3 Å². The average molecular weight is 379 g/mol. The Morgan fingerprint density at radius 3 is 2.04 bits per heavy atom. The number of hydrogen-bond donors (Lipinski definition) is 3. The van der Waals surface area contributed by atoms with E-state index in [0.29, 0.717) is 0 Å². The van der Waals surface area contributed by atoms with Gasteiger partial charge in [-0.05, 0) is 32.3 Å². The van der Waals surface area contributed by atoms with E-state index in [-0.39, 0.29) is 0 Å². The van der Waals surface area contributed by atoms with Gasteiger partial charge in [-0.2, -0.15) is 0 Å². The molecule has 9 nitrogen and oxygen atoms in total. The lowest BCUT2D eigenvalue weighted by molar-refractivity contribution is -0.139. The molecule has 0 fully saturated rings. The van der Waals surface area contributed by atoms with Crippen LogP contribution in [0.3, 0.4) is 0 Å². The summed E-state index contributed by atoms with van der Waals surface area (Å²) in [5, 5.41) is 11.1. The van der Waals surface area contributed by atoms with Gasteiger partial charge in [0.05, 0.1) is 6.42 Å². The molecule has 0 spiro atoms. The van der Waals surface area contributed by atoms with Crippen LogP contribution in [-0.4, -0.2) is 39.5 Å². The molecule has 0 aliphatic carbocycles. The maximum atomic E-state index is 12.5. The molecule has 1 unspecified atom stereocenters. The summed E-state index contributed by atoms with van der Waals surface area (Å²) in [5.41, 5.74) is -1.44. The first-order valence-corrected chi connectivity index (χ1v) is 8.76. The van der Waals surface area contributed by atoms with Crippen molar-refractivity contribution >= 4 is 26.1 Å². The monoisotopic (exact) mass is 379 g/mol. The number of carboxylic acids is 1. The normalized spacial score (nSPS) is 15.1. The number of ketones is 1. The Morgan fingerprint density at radius 2 is 1.68 bits per heavy atom. The zero-order valence-corrected chi connectivity index (χ0v) is 16.2. The first-order valence-electron chi connectivity index (χ1n) is 7.50. The Bertz CT molecular complexity index is 571. The van der Waals surface area contributed by atoms with Crippen molar-refractivity contribution in [3.63, 3.8) is 0 Å². The molecule has 0 heterocycles. The molecule has 0 aromatic heterocycles. The zero-order valence-electron chi connectivity index (χ0n) is 15.2. The number of amides is 1. The van der Waals surface area contributed by atoms with Crippen LogP contribution in [0.5, 0.6) is 0 Å². The maximum absolute atomic E-state index is 12.5. The molecule has 3 N–H and O–H groups in total. The van der Waals surface area contributed by atoms with Gasteiger partial charge in [0.25, 0.3) is 0 Å². The minimum absolute atomic E-state index is 0.485. The molecule has 0 saturated heterocycles. The minimum Gasteiger partial charge on any atom is -0.481 e. The molecule has 0 radical (unpaired) electrons. The summed E-state index contributed by atoms with van der Waals surface area (Å²) in [5.74, 6) is -2.77. The molecule has 0 aromatic rings. The van der Waals surface area contributed by atoms with E-state index in [1.807, 2.05) is 0 Å². The molecule has 1 amide bonds. The Kier molecular flexibility index (Phi) is 8.34. The number of allylic oxidation sites excluding steroid dienone is 1. The third-order valence-electron chi connectivity index (χ3n) is 2.39. The molecular formula is C15H26NO8P. The highest BCUT2D eigenvalue weighted by atomic mass is 31.1. The second-order valence-corrected chi connectivity index (χ2v) is 8.14. The zero-order chi connectivity index (χ0) is 20.0. The number of hydrogen-bond acceptors (Lipinski definition) is 6. The largest absolute Gasteiger partial charge is 0.481 e. The van der Waals surface area contributed by atoms with Gasteiger partial charge in [0.1, 0.15) is 11.6 Å². The molecule has 10 heteroatoms. The number of carbonyl (C=O) groups is 3. The fourth-order valence-electron chi connectivity index (χ4n) is 1.64. The van der Waals surface area contributed by atoms with Gasteiger partial charge in [-0.15, -0.1) is 0 Å². The third kappa shape index (κ3) is 11.3. The number of Topliss-reactive ketones (excluding diaryl/α,β-unsaturated/α-hetero) is 1. The third-order valence-corrected chi connectivity index (χ3v) is 2.78. The second kappa shape index (κ2) is 9.01. The summed E-state index contributed by atoms with van der Waals surface area (Å²) in [6.07, 6.45) is -0.437. The number of carbonyl (C=O) groups excluding carboxylic acids is 2. The van der Waals surface area contributed by atoms with E-state index in [1.54, 1.807) is 41.5 Å². The summed E-state index contributed by atoms with van der Waals surface area (Å²) < 4.78 is 20.7. The van der Waals surface area contributed by atoms with Crippen molar-refractivity contribution in [2.75, 3.05) is 0 Å². The lowest BCUT2D eigenvalue weighted by Gasteiger charge is -2.23. The van der Waals surface area contributed by atoms with Crippen molar-refractivity contribution in [3.8, 4) is 0 Å². The highest BCUT2D eigenvalue weighted by Crippen LogP contribution is 2.27. The summed E-state index contributed by atoms with van der Waals surface area (Å²) in [6, 6.07) is -1.51. The van der Waals surface area contributed by atoms with Crippen LogP contribution in [0.15, 0.2) is 11.8 Å². The molecule has 0 aliphatic rings. The quantitative estimate of drug-likeness (QED) is 0.348. The van der Waals surface area contributed by atoms with Crippen molar-refractivity contribution < 1.29 is 38.2 Å². The number of nitrogens with one attached hydrogen (secondary N) is 1. The van der Waals surface area contributed by atoms with E-state index in [1.165, 1.54) is 6.08 Å². The van der Waals surface area contributed by atoms with Crippen LogP contribution >= 0.6 is 8.25 Å². The standard InChI is InChI=1S/C15H26NO8P/c1-14(2,3)8-10(24-25(21)22)12(19)9(7-11(17)18)16-13(20)23-15(4,5)6/h8-9,25H,7H2,1-6H3,(H,16,20)(H,17,18)(H,21,22)/t9-/m0/s1. The van der Waals surface area contributed by atoms with E-state index in [9.17, 15) is 18.9 Å². The highest BCUT2D eigenvalue weighted by Gasteiger charge is 2.31. The highest BCUT2D eigenvalue weighted by molar-refractivity contribution is 7.32. The fourth-order valence-corrected chi connectivity index (χ4v) is 1.99. The molecule has 0 rings (SSSR count). The Morgan fingerprint density at radius 1 is 1.16 bits per heavy atom. The summed E-state index contributed by atoms with van der Waals surface area (Å²) in [7, 11) is -3.50. The van der Waals surface area contributed by atoms with E-state index in [2.05, 4.69) is 9.84 Å². The van der Waals surface area contributed by atoms with E-state index < -0.39 is 55.3 Å². The Labute approximate surface area is 147 Å². The summed E-state index contributed by atoms with van der Waals surface area (Å²) in [6.45, 7) is 9.95. The van der Waals surface area contributed by atoms with Gasteiger partial charge in [0.2, 0.25) is 5.78 Å². The number of ether oxygens (including phenoxy) is 1. The van der Waals surface area contributed by atoms with Gasteiger partial charge in [0.15, 0.2) is 5.76 Å².